The van der Waals surface area contributed by atoms with Gasteiger partial charge in [-0.15, -0.1) is 0 Å². The second-order valence-electron chi connectivity index (χ2n) is 5.08. The number of nitrogens with two attached hydrogens (primary N) is 1. The number of aryl methyl sites for hydroxylation is 2. The molecule has 2 heterocycles. The van der Waals surface area contributed by atoms with Gasteiger partial charge in [0, 0.05) is 16.8 Å². The van der Waals surface area contributed by atoms with Crippen LogP contribution in [0, 0.1) is 13.8 Å². The van der Waals surface area contributed by atoms with Crippen molar-refractivity contribution in [2.24, 2.45) is 0 Å². The zero-order valence-corrected chi connectivity index (χ0v) is 12.7. The lowest BCUT2D eigenvalue weighted by Gasteiger charge is -2.01. The van der Waals surface area contributed by atoms with Gasteiger partial charge in [0.05, 0.1) is 12.2 Å². The number of anilines is 1. The molecule has 5 heteroatoms. The Bertz CT molecular complexity index is 771. The van der Waals surface area contributed by atoms with E-state index >= 15 is 0 Å². The van der Waals surface area contributed by atoms with Gasteiger partial charge < -0.3 is 10.2 Å². The van der Waals surface area contributed by atoms with Gasteiger partial charge in [0.1, 0.15) is 17.2 Å². The Morgan fingerprint density at radius 3 is 2.57 bits per heavy atom. The first-order valence-electron chi connectivity index (χ1n) is 6.67. The number of aromatic nitrogens is 2. The molecule has 4 nitrogen and oxygen atoms in total. The van der Waals surface area contributed by atoms with Crippen LogP contribution in [0.5, 0.6) is 0 Å². The Kier molecular flexibility index (Phi) is 3.47. The predicted octanol–water partition coefficient (Wildman–Crippen LogP) is 4.04. The highest BCUT2D eigenvalue weighted by Crippen LogP contribution is 2.29. The van der Waals surface area contributed by atoms with Gasteiger partial charge in [-0.05, 0) is 37.6 Å². The molecule has 0 aliphatic rings. The molecule has 0 aliphatic carbocycles. The Morgan fingerprint density at radius 2 is 1.95 bits per heavy atom. The minimum Gasteiger partial charge on any atom is -0.466 e. The van der Waals surface area contributed by atoms with Crippen molar-refractivity contribution in [3.63, 3.8) is 0 Å². The summed E-state index contributed by atoms with van der Waals surface area (Å²) in [5.41, 5.74) is 9.56. The summed E-state index contributed by atoms with van der Waals surface area (Å²) >= 11 is 5.89. The molecular weight excluding hydrogens is 286 g/mol. The number of halogens is 1. The molecular formula is C16H16ClN3O. The number of nitrogen functional groups attached to an aromatic ring is 1. The molecule has 0 spiro atoms. The Morgan fingerprint density at radius 1 is 1.24 bits per heavy atom. The van der Waals surface area contributed by atoms with Gasteiger partial charge >= 0.3 is 0 Å². The summed E-state index contributed by atoms with van der Waals surface area (Å²) < 4.78 is 7.37. The van der Waals surface area contributed by atoms with E-state index in [1.54, 1.807) is 0 Å². The van der Waals surface area contributed by atoms with Crippen LogP contribution in [-0.2, 0) is 6.54 Å². The molecule has 0 fully saturated rings. The third kappa shape index (κ3) is 2.81. The van der Waals surface area contributed by atoms with Gasteiger partial charge in [-0.2, -0.15) is 5.10 Å². The van der Waals surface area contributed by atoms with Crippen molar-refractivity contribution in [1.82, 2.24) is 9.78 Å². The van der Waals surface area contributed by atoms with Crippen molar-refractivity contribution >= 4 is 17.3 Å². The molecule has 0 bridgehead atoms. The molecule has 0 unspecified atom stereocenters. The van der Waals surface area contributed by atoms with Gasteiger partial charge in [0.2, 0.25) is 0 Å². The minimum atomic E-state index is 0.646. The van der Waals surface area contributed by atoms with Crippen LogP contribution in [0.15, 0.2) is 40.9 Å². The van der Waals surface area contributed by atoms with Crippen molar-refractivity contribution in [2.45, 2.75) is 20.4 Å². The van der Waals surface area contributed by atoms with E-state index in [1.807, 2.05) is 55.1 Å². The second kappa shape index (κ2) is 5.30. The van der Waals surface area contributed by atoms with Crippen LogP contribution in [0.2, 0.25) is 5.02 Å². The van der Waals surface area contributed by atoms with E-state index in [4.69, 9.17) is 21.8 Å². The zero-order chi connectivity index (χ0) is 15.0. The molecule has 0 radical (unpaired) electrons. The van der Waals surface area contributed by atoms with Crippen LogP contribution >= 0.6 is 11.6 Å². The average molecular weight is 302 g/mol. The quantitative estimate of drug-likeness (QED) is 0.794. The molecule has 0 atom stereocenters. The summed E-state index contributed by atoms with van der Waals surface area (Å²) in [7, 11) is 0. The van der Waals surface area contributed by atoms with E-state index in [0.29, 0.717) is 12.2 Å². The maximum absolute atomic E-state index is 6.08. The highest BCUT2D eigenvalue weighted by molar-refractivity contribution is 6.30. The Labute approximate surface area is 128 Å². The van der Waals surface area contributed by atoms with Crippen LogP contribution in [0.25, 0.3) is 11.3 Å². The van der Waals surface area contributed by atoms with Gasteiger partial charge in [-0.1, -0.05) is 23.7 Å². The van der Waals surface area contributed by atoms with E-state index < -0.39 is 0 Å². The number of hydrogen-bond acceptors (Lipinski definition) is 3. The van der Waals surface area contributed by atoms with E-state index in [1.165, 1.54) is 0 Å². The fourth-order valence-electron chi connectivity index (χ4n) is 2.37. The summed E-state index contributed by atoms with van der Waals surface area (Å²) in [5.74, 6) is 1.69. The molecule has 0 aliphatic heterocycles. The first-order valence-corrected chi connectivity index (χ1v) is 7.05. The second-order valence-corrected chi connectivity index (χ2v) is 5.52. The van der Waals surface area contributed by atoms with Crippen LogP contribution in [0.4, 0.5) is 5.69 Å². The minimum absolute atomic E-state index is 0.646. The lowest BCUT2D eigenvalue weighted by molar-refractivity contribution is 0.505. The zero-order valence-electron chi connectivity index (χ0n) is 11.9. The first kappa shape index (κ1) is 13.8. The fourth-order valence-corrected chi connectivity index (χ4v) is 2.50. The van der Waals surface area contributed by atoms with Crippen molar-refractivity contribution in [3.8, 4) is 11.3 Å². The van der Waals surface area contributed by atoms with E-state index in [9.17, 15) is 0 Å². The molecule has 21 heavy (non-hydrogen) atoms. The standard InChI is InChI=1S/C16H16ClN3O/c1-10-7-14(11(2)21-10)16-15(18)9-20(19-16)8-12-3-5-13(17)6-4-12/h3-7,9H,8,18H2,1-2H3. The molecule has 0 saturated heterocycles. The smallest absolute Gasteiger partial charge is 0.119 e. The largest absolute Gasteiger partial charge is 0.466 e. The molecule has 108 valence electrons. The SMILES string of the molecule is Cc1cc(-c2nn(Cc3ccc(Cl)cc3)cc2N)c(C)o1. The molecule has 2 aromatic heterocycles. The maximum atomic E-state index is 6.08. The monoisotopic (exact) mass is 301 g/mol. The third-order valence-electron chi connectivity index (χ3n) is 3.34. The van der Waals surface area contributed by atoms with Crippen LogP contribution in [-0.4, -0.2) is 9.78 Å². The first-order chi connectivity index (χ1) is 10.0. The lowest BCUT2D eigenvalue weighted by Crippen LogP contribution is -2.00. The van der Waals surface area contributed by atoms with Gasteiger partial charge in [-0.25, -0.2) is 0 Å². The topological polar surface area (TPSA) is 57.0 Å². The highest BCUT2D eigenvalue weighted by atomic mass is 35.5. The number of nitrogens with zero attached hydrogens (tertiary/aromatic N) is 2. The summed E-state index contributed by atoms with van der Waals surface area (Å²) in [4.78, 5) is 0. The third-order valence-corrected chi connectivity index (χ3v) is 3.60. The van der Waals surface area contributed by atoms with E-state index in [0.717, 1.165) is 33.4 Å². The average Bonchev–Trinajstić information content (AvgIpc) is 2.95. The fraction of sp³-hybridized carbons (Fsp3) is 0.188. The summed E-state index contributed by atoms with van der Waals surface area (Å²) in [5, 5.41) is 5.30. The normalized spacial score (nSPS) is 11.0. The van der Waals surface area contributed by atoms with Crippen LogP contribution < -0.4 is 5.73 Å². The summed E-state index contributed by atoms with van der Waals surface area (Å²) in [6.45, 7) is 4.48. The number of benzene rings is 1. The highest BCUT2D eigenvalue weighted by Gasteiger charge is 2.14. The molecule has 3 aromatic rings. The van der Waals surface area contributed by atoms with Crippen LogP contribution in [0.1, 0.15) is 17.1 Å². The van der Waals surface area contributed by atoms with Crippen LogP contribution in [0.3, 0.4) is 0 Å². The van der Waals surface area contributed by atoms with Gasteiger partial charge in [-0.3, -0.25) is 4.68 Å². The van der Waals surface area contributed by atoms with Crippen molar-refractivity contribution < 1.29 is 4.42 Å². The van der Waals surface area contributed by atoms with Gasteiger partial charge in [0.25, 0.3) is 0 Å². The predicted molar refractivity (Wildman–Crippen MR) is 84.4 cm³/mol. The van der Waals surface area contributed by atoms with Gasteiger partial charge in [0.15, 0.2) is 0 Å². The molecule has 1 aromatic carbocycles. The van der Waals surface area contributed by atoms with Crippen molar-refractivity contribution in [1.29, 1.82) is 0 Å². The summed E-state index contributed by atoms with van der Waals surface area (Å²) in [6, 6.07) is 9.66. The number of hydrogen-bond donors (Lipinski definition) is 1. The maximum Gasteiger partial charge on any atom is 0.119 e. The Balaban J connectivity index is 1.91. The molecule has 3 rings (SSSR count). The molecule has 2 N–H and O–H groups in total. The number of furan rings is 1. The number of rotatable bonds is 3. The van der Waals surface area contributed by atoms with E-state index in [2.05, 4.69) is 5.10 Å². The lowest BCUT2D eigenvalue weighted by atomic mass is 10.1. The van der Waals surface area contributed by atoms with Crippen molar-refractivity contribution in [3.05, 3.63) is 58.6 Å². The molecule has 0 amide bonds. The summed E-state index contributed by atoms with van der Waals surface area (Å²) in [6.07, 6.45) is 1.84. The Hall–Kier alpha value is -2.20. The van der Waals surface area contributed by atoms with Crippen molar-refractivity contribution in [2.75, 3.05) is 5.73 Å². The van der Waals surface area contributed by atoms with E-state index in [-0.39, 0.29) is 0 Å². The molecule has 0 saturated carbocycles.